The molecule has 1 aliphatic rings. The van der Waals surface area contributed by atoms with Gasteiger partial charge in [0.2, 0.25) is 10.9 Å². The molecule has 8 aromatic carbocycles. The Morgan fingerprint density at radius 2 is 0.760 bits per heavy atom. The molecule has 11 rings (SSSR count). The average Bonchev–Trinajstić information content (AvgIpc) is 1.22. The number of nitrogens with zero attached hydrogens (tertiary/aromatic N) is 3. The average molecular weight is 2220 g/mol. The third-order valence-electron chi connectivity index (χ3n) is 15.1. The topological polar surface area (TPSA) is 436 Å². The first-order valence-electron chi connectivity index (χ1n) is 33.1. The maximum absolute atomic E-state index is 13.8. The summed E-state index contributed by atoms with van der Waals surface area (Å²) in [5.41, 5.74) is 11.5. The molecule has 0 unspecified atom stereocenters. The lowest BCUT2D eigenvalue weighted by Crippen LogP contribution is -2.31. The van der Waals surface area contributed by atoms with Crippen LogP contribution in [0.3, 0.4) is 0 Å². The number of esters is 1. The number of anilines is 5. The van der Waals surface area contributed by atoms with E-state index < -0.39 is 134 Å². The lowest BCUT2D eigenvalue weighted by atomic mass is 10.1. The number of aromatic nitrogens is 2. The van der Waals surface area contributed by atoms with Crippen molar-refractivity contribution in [1.82, 2.24) is 15.0 Å². The van der Waals surface area contributed by atoms with Crippen LogP contribution in [0.2, 0.25) is 0 Å². The van der Waals surface area contributed by atoms with Crippen molar-refractivity contribution in [2.45, 2.75) is 96.9 Å². The van der Waals surface area contributed by atoms with Crippen LogP contribution in [0.5, 0.6) is 0 Å². The molecule has 0 atom stereocenters. The number of pyridine rings is 2. The van der Waals surface area contributed by atoms with Crippen molar-refractivity contribution in [2.75, 3.05) is 47.5 Å². The monoisotopic (exact) mass is 2220 g/mol. The molecule has 3 heterocycles. The van der Waals surface area contributed by atoms with E-state index in [-0.39, 0.29) is 139 Å². The number of amides is 2. The van der Waals surface area contributed by atoms with Crippen LogP contribution in [0.15, 0.2) is 154 Å². The van der Waals surface area contributed by atoms with Gasteiger partial charge in [0.1, 0.15) is 57.5 Å². The summed E-state index contributed by atoms with van der Waals surface area (Å²) in [5.74, 6) is -16.7. The quantitative estimate of drug-likeness (QED) is 0.0128. The number of aromatic amines is 2. The summed E-state index contributed by atoms with van der Waals surface area (Å²) in [6.07, 6.45) is -6.03. The van der Waals surface area contributed by atoms with Crippen LogP contribution in [0, 0.1) is 60.8 Å². The molecule has 2 aromatic heterocycles. The third-order valence-corrected chi connectivity index (χ3v) is 17.6. The number of Topliss-reactive ketones (excluding diaryl/α,β-unsaturated/α-hetero) is 4. The van der Waals surface area contributed by atoms with Gasteiger partial charge in [-0.15, -0.1) is 5.11 Å². The Kier molecular flexibility index (Phi) is 48.3. The molecule has 44 heteroatoms. The number of aromatic carboxylic acids is 3. The minimum atomic E-state index is -5.22. The highest BCUT2D eigenvalue weighted by Gasteiger charge is 2.41. The van der Waals surface area contributed by atoms with Gasteiger partial charge in [0, 0.05) is 62.0 Å². The van der Waals surface area contributed by atoms with E-state index in [9.17, 15) is 119 Å². The standard InChI is InChI=1S/C12H13FIN3O.C12H9FINO3.C10H7F4NO2.C10H5FINO3.C9H5F4NO3.C8H7FINO.C8H8FNO.C7H6FNO2.5CH4/c1-8(18)10-6-9(14)7-11(13)12(10)15-16-17-4-2-3-5-17;1-2-18-12(17)8-5-15-10-7(11(8)16)3-6(14)4-9(10)13;1-5(16)6-3-2-4-7(11)8(6)15-9(17)10(12,13)14;11-7-2-4(12)1-5-8(7)13-3-6(9(5)14)10(15)16;10-5-3-1-2-4(7(15)16)6(5)14-8(17)9(11,12)13;1-4(12)6-2-5(10)3-7(9)8(6)11;1-5(11)6-3-2-4-7(9)8(6)10;8-5-3-1-2-4(6(5)9)7(10)11;;;;;/h6-7H,2-5H2,1H3;3-5H,2H2,1H3,(H,15,16);2-4H,1H3,(H,15,17);1-3H,(H,13,14)(H,15,16);1-3H,(H,14,17)(H,15,16);2-3H,11H2,1H3;2-4H,10H2,1H3;1-3H,9H2,(H,10,11);5*1H4. The smallest absolute Gasteiger partial charge is 0.471 e. The van der Waals surface area contributed by atoms with Gasteiger partial charge in [-0.3, -0.25) is 43.4 Å². The second-order valence-corrected chi connectivity index (χ2v) is 28.6. The van der Waals surface area contributed by atoms with Gasteiger partial charge in [0.05, 0.1) is 68.0 Å². The fourth-order valence-corrected chi connectivity index (χ4v) is 11.8. The van der Waals surface area contributed by atoms with E-state index in [1.54, 1.807) is 24.1 Å². The van der Waals surface area contributed by atoms with Crippen LogP contribution in [0.1, 0.15) is 167 Å². The molecule has 0 saturated carbocycles. The number of alkyl halides is 6. The van der Waals surface area contributed by atoms with E-state index in [0.29, 0.717) is 14.3 Å². The summed E-state index contributed by atoms with van der Waals surface area (Å²) in [4.78, 5) is 137. The zero-order chi connectivity index (χ0) is 90.9. The van der Waals surface area contributed by atoms with Crippen LogP contribution in [-0.4, -0.2) is 121 Å². The van der Waals surface area contributed by atoms with E-state index in [4.69, 9.17) is 37.3 Å². The number of nitrogens with two attached hydrogens (primary N) is 3. The van der Waals surface area contributed by atoms with E-state index in [1.165, 1.54) is 104 Å². The molecule has 1 aliphatic heterocycles. The number of H-pyrrole nitrogens is 2. The Labute approximate surface area is 758 Å². The van der Waals surface area contributed by atoms with Crippen LogP contribution in [0.4, 0.5) is 95.6 Å². The SMILES string of the molecule is C.C.C.C.C.CC(=O)c1cc(I)cc(F)c1N.CC(=O)c1cc(I)cc(F)c1N=NN1CCCC1.CC(=O)c1cccc(F)c1N.CC(=O)c1cccc(F)c1NC(=O)C(F)(F)F.CCOC(=O)c1c[nH]c2c(F)cc(I)cc2c1=O.Nc1c(F)cccc1C(=O)O.O=C(O)c1c[nH]c2c(F)cc(I)cc2c1=O.O=C(O)c1cccc(F)c1NC(=O)C(F)(F)F. The highest BCUT2D eigenvalue weighted by Crippen LogP contribution is 2.30. The molecule has 0 aliphatic carbocycles. The molecular weight excluding hydrogens is 2140 g/mol. The molecule has 0 radical (unpaired) electrons. The molecule has 13 N–H and O–H groups in total. The predicted molar refractivity (Wildman–Crippen MR) is 477 cm³/mol. The number of rotatable bonds is 13. The van der Waals surface area contributed by atoms with Gasteiger partial charge in [0.25, 0.3) is 0 Å². The summed E-state index contributed by atoms with van der Waals surface area (Å²) in [5, 5.41) is 38.2. The van der Waals surface area contributed by atoms with E-state index in [1.807, 2.05) is 90.4 Å². The molecule has 2 amide bonds. The summed E-state index contributed by atoms with van der Waals surface area (Å²) in [6, 6.07) is 25.0. The Balaban J connectivity index is 0. The first kappa shape index (κ1) is 115. The summed E-state index contributed by atoms with van der Waals surface area (Å²) in [6.45, 7) is 8.67. The molecule has 1 fully saturated rings. The van der Waals surface area contributed by atoms with Crippen LogP contribution in [0.25, 0.3) is 21.8 Å². The highest BCUT2D eigenvalue weighted by atomic mass is 127. The van der Waals surface area contributed by atoms with Gasteiger partial charge in [0.15, 0.2) is 29.0 Å². The maximum atomic E-state index is 13.8. The number of hydrogen-bond acceptors (Lipinski definition) is 18. The number of fused-ring (bicyclic) bond motifs is 2. The lowest BCUT2D eigenvalue weighted by molar-refractivity contribution is -0.167. The molecule has 26 nitrogen and oxygen atoms in total. The molecule has 676 valence electrons. The zero-order valence-corrected chi connectivity index (χ0v) is 70.4. The number of hydrogen-bond donors (Lipinski definition) is 10. The number of carbonyl (C=O) groups excluding carboxylic acids is 7. The number of carboxylic acid groups (broad SMARTS) is 3. The molecule has 10 aromatic rings. The van der Waals surface area contributed by atoms with Gasteiger partial charge < -0.3 is 57.9 Å². The molecule has 0 spiro atoms. The number of para-hydroxylation sites is 4. The Morgan fingerprint density at radius 1 is 0.432 bits per heavy atom. The van der Waals surface area contributed by atoms with Crippen molar-refractivity contribution >= 4 is 205 Å². The Hall–Kier alpha value is -11.6. The van der Waals surface area contributed by atoms with Gasteiger partial charge in [-0.25, -0.2) is 54.3 Å². The van der Waals surface area contributed by atoms with Crippen molar-refractivity contribution in [1.29, 1.82) is 0 Å². The van der Waals surface area contributed by atoms with Crippen molar-refractivity contribution < 1.29 is 129 Å². The Bertz CT molecular complexity index is 5610. The molecular formula is C81H80F14I4N10O16. The van der Waals surface area contributed by atoms with Gasteiger partial charge in [-0.05, 0) is 235 Å². The molecule has 0 bridgehead atoms. The zero-order valence-electron chi connectivity index (χ0n) is 61.8. The summed E-state index contributed by atoms with van der Waals surface area (Å²) < 4.78 is 184. The number of ketones is 4. The van der Waals surface area contributed by atoms with Crippen molar-refractivity contribution in [3.8, 4) is 0 Å². The van der Waals surface area contributed by atoms with Crippen LogP contribution < -0.4 is 38.7 Å². The number of carboxylic acids is 3. The summed E-state index contributed by atoms with van der Waals surface area (Å²) in [7, 11) is 0. The maximum Gasteiger partial charge on any atom is 0.471 e. The highest BCUT2D eigenvalue weighted by molar-refractivity contribution is 14.1. The minimum Gasteiger partial charge on any atom is -0.478 e. The fourth-order valence-electron chi connectivity index (χ4n) is 9.45. The van der Waals surface area contributed by atoms with E-state index in [2.05, 4.69) is 20.3 Å². The van der Waals surface area contributed by atoms with Crippen molar-refractivity contribution in [3.05, 3.63) is 259 Å². The van der Waals surface area contributed by atoms with Crippen LogP contribution in [-0.2, 0) is 14.3 Å². The van der Waals surface area contributed by atoms with Gasteiger partial charge >= 0.3 is 48.0 Å². The van der Waals surface area contributed by atoms with Crippen LogP contribution >= 0.6 is 90.4 Å². The second-order valence-electron chi connectivity index (χ2n) is 23.7. The lowest BCUT2D eigenvalue weighted by Gasteiger charge is -2.11. The van der Waals surface area contributed by atoms with Crippen molar-refractivity contribution in [3.63, 3.8) is 0 Å². The third kappa shape index (κ3) is 33.8. The second kappa shape index (κ2) is 52.3. The normalized spacial score (nSPS) is 10.8. The summed E-state index contributed by atoms with van der Waals surface area (Å²) >= 11 is 7.67. The first-order chi connectivity index (χ1) is 55.9. The number of nitrogen functional groups attached to an aromatic ring is 3. The minimum absolute atomic E-state index is 0. The van der Waals surface area contributed by atoms with Gasteiger partial charge in [-0.1, -0.05) is 66.6 Å². The predicted octanol–water partition coefficient (Wildman–Crippen LogP) is 20.8. The number of halogens is 18. The van der Waals surface area contributed by atoms with E-state index in [0.717, 1.165) is 81.5 Å². The number of ether oxygens (including phenoxy) is 1. The number of nitrogens with one attached hydrogen (secondary N) is 4. The first-order valence-corrected chi connectivity index (χ1v) is 37.4. The molecule has 125 heavy (non-hydrogen) atoms. The largest absolute Gasteiger partial charge is 0.478 e. The molecule has 1 saturated heterocycles. The number of benzene rings is 8. The Morgan fingerprint density at radius 3 is 1.14 bits per heavy atom. The van der Waals surface area contributed by atoms with Crippen molar-refractivity contribution in [2.24, 2.45) is 10.3 Å². The van der Waals surface area contributed by atoms with Gasteiger partial charge in [-0.2, -0.15) is 26.3 Å². The fraction of sp³-hybridized carbons (Fsp3) is 0.210. The number of carbonyl (C=O) groups is 10. The van der Waals surface area contributed by atoms with E-state index >= 15 is 0 Å².